The molecule has 1 aliphatic heterocycles. The molecule has 152 valence electrons. The Kier molecular flexibility index (Phi) is 4.54. The molecule has 2 aromatic carbocycles. The fourth-order valence-corrected chi connectivity index (χ4v) is 5.23. The van der Waals surface area contributed by atoms with Gasteiger partial charge in [-0.2, -0.15) is 0 Å². The van der Waals surface area contributed by atoms with E-state index in [0.717, 1.165) is 17.5 Å². The summed E-state index contributed by atoms with van der Waals surface area (Å²) in [5.74, 6) is -1.08. The third-order valence-electron chi connectivity index (χ3n) is 6.71. The molecule has 0 spiro atoms. The quantitative estimate of drug-likeness (QED) is 0.618. The van der Waals surface area contributed by atoms with Crippen LogP contribution in [0.3, 0.4) is 0 Å². The van der Waals surface area contributed by atoms with Crippen molar-refractivity contribution in [2.45, 2.75) is 25.8 Å². The summed E-state index contributed by atoms with van der Waals surface area (Å²) in [7, 11) is 0. The van der Waals surface area contributed by atoms with Crippen LogP contribution in [0.2, 0.25) is 0 Å². The third kappa shape index (κ3) is 3.05. The molecule has 2 fully saturated rings. The van der Waals surface area contributed by atoms with E-state index >= 15 is 0 Å². The number of likely N-dealkylation sites (tertiary alicyclic amines) is 1. The minimum absolute atomic E-state index is 0.124. The van der Waals surface area contributed by atoms with E-state index in [1.807, 2.05) is 61.5 Å². The first-order chi connectivity index (χ1) is 14.5. The lowest BCUT2D eigenvalue weighted by Crippen LogP contribution is -2.49. The molecule has 3 aliphatic rings. The number of nitrogens with one attached hydrogen (secondary N) is 1. The van der Waals surface area contributed by atoms with Crippen LogP contribution < -0.4 is 5.32 Å². The second-order valence-corrected chi connectivity index (χ2v) is 8.61. The van der Waals surface area contributed by atoms with Crippen LogP contribution in [0.4, 0.5) is 5.69 Å². The van der Waals surface area contributed by atoms with Crippen LogP contribution in [-0.4, -0.2) is 28.7 Å². The number of hydrogen-bond acceptors (Lipinski definition) is 3. The summed E-state index contributed by atoms with van der Waals surface area (Å²) in [4.78, 5) is 41.2. The zero-order valence-electron chi connectivity index (χ0n) is 16.8. The van der Waals surface area contributed by atoms with Crippen molar-refractivity contribution in [1.29, 1.82) is 0 Å². The average Bonchev–Trinajstić information content (AvgIpc) is 3.43. The first-order valence-corrected chi connectivity index (χ1v) is 10.5. The Morgan fingerprint density at radius 1 is 0.967 bits per heavy atom. The van der Waals surface area contributed by atoms with E-state index in [-0.39, 0.29) is 41.4 Å². The zero-order chi connectivity index (χ0) is 20.8. The highest BCUT2D eigenvalue weighted by atomic mass is 16.2. The fraction of sp³-hybridized carbons (Fsp3) is 0.320. The van der Waals surface area contributed by atoms with E-state index in [1.165, 1.54) is 4.90 Å². The van der Waals surface area contributed by atoms with Crippen LogP contribution in [-0.2, 0) is 20.8 Å². The lowest BCUT2D eigenvalue weighted by atomic mass is 9.85. The molecular weight excluding hydrogens is 376 g/mol. The van der Waals surface area contributed by atoms with Crippen molar-refractivity contribution in [3.63, 3.8) is 0 Å². The third-order valence-corrected chi connectivity index (χ3v) is 6.71. The molecule has 30 heavy (non-hydrogen) atoms. The SMILES string of the molecule is Cc1ccc(NC(=O)C(Cc2ccccc2)N2C(=O)C3C4C=CC(C4)C3C2=O)cc1. The van der Waals surface area contributed by atoms with Crippen molar-refractivity contribution in [2.24, 2.45) is 23.7 Å². The monoisotopic (exact) mass is 400 g/mol. The molecule has 1 saturated carbocycles. The number of imide groups is 1. The molecule has 2 bridgehead atoms. The van der Waals surface area contributed by atoms with Crippen LogP contribution in [0, 0.1) is 30.6 Å². The Bertz CT molecular complexity index is 998. The highest BCUT2D eigenvalue weighted by Gasteiger charge is 2.61. The van der Waals surface area contributed by atoms with Gasteiger partial charge in [0, 0.05) is 12.1 Å². The maximum atomic E-state index is 13.3. The van der Waals surface area contributed by atoms with Gasteiger partial charge in [-0.1, -0.05) is 60.2 Å². The number of allylic oxidation sites excluding steroid dienone is 2. The zero-order valence-corrected chi connectivity index (χ0v) is 16.8. The number of aryl methyl sites for hydroxylation is 1. The Labute approximate surface area is 175 Å². The fourth-order valence-electron chi connectivity index (χ4n) is 5.23. The number of anilines is 1. The first-order valence-electron chi connectivity index (χ1n) is 10.5. The molecule has 5 nitrogen and oxygen atoms in total. The van der Waals surface area contributed by atoms with Gasteiger partial charge in [0.1, 0.15) is 6.04 Å². The Morgan fingerprint density at radius 3 is 2.17 bits per heavy atom. The van der Waals surface area contributed by atoms with Gasteiger partial charge in [0.25, 0.3) is 0 Å². The number of benzene rings is 2. The molecule has 1 heterocycles. The second kappa shape index (κ2) is 7.24. The van der Waals surface area contributed by atoms with E-state index < -0.39 is 6.04 Å². The van der Waals surface area contributed by atoms with Crippen molar-refractivity contribution < 1.29 is 14.4 Å². The van der Waals surface area contributed by atoms with Gasteiger partial charge in [-0.15, -0.1) is 0 Å². The summed E-state index contributed by atoms with van der Waals surface area (Å²) in [6.45, 7) is 1.98. The molecule has 5 unspecified atom stereocenters. The maximum Gasteiger partial charge on any atom is 0.248 e. The smallest absolute Gasteiger partial charge is 0.248 e. The molecule has 2 aromatic rings. The van der Waals surface area contributed by atoms with E-state index in [2.05, 4.69) is 17.5 Å². The molecule has 1 N–H and O–H groups in total. The van der Waals surface area contributed by atoms with Gasteiger partial charge >= 0.3 is 0 Å². The molecule has 0 radical (unpaired) electrons. The largest absolute Gasteiger partial charge is 0.324 e. The number of carbonyl (C=O) groups excluding carboxylic acids is 3. The van der Waals surface area contributed by atoms with Crippen molar-refractivity contribution >= 4 is 23.4 Å². The molecule has 5 rings (SSSR count). The van der Waals surface area contributed by atoms with Gasteiger partial charge in [0.15, 0.2) is 0 Å². The van der Waals surface area contributed by atoms with Crippen LogP contribution in [0.5, 0.6) is 0 Å². The number of rotatable bonds is 5. The summed E-state index contributed by atoms with van der Waals surface area (Å²) in [5.41, 5.74) is 2.67. The number of nitrogens with zero attached hydrogens (tertiary/aromatic N) is 1. The second-order valence-electron chi connectivity index (χ2n) is 8.61. The number of fused-ring (bicyclic) bond motifs is 5. The van der Waals surface area contributed by atoms with E-state index in [9.17, 15) is 14.4 Å². The van der Waals surface area contributed by atoms with Gasteiger partial charge in [-0.25, -0.2) is 0 Å². The van der Waals surface area contributed by atoms with Crippen molar-refractivity contribution in [2.75, 3.05) is 5.32 Å². The minimum atomic E-state index is -0.862. The average molecular weight is 400 g/mol. The summed E-state index contributed by atoms with van der Waals surface area (Å²) in [6, 6.07) is 16.2. The van der Waals surface area contributed by atoms with E-state index in [1.54, 1.807) is 0 Å². The Morgan fingerprint density at radius 2 is 1.57 bits per heavy atom. The Balaban J connectivity index is 1.45. The standard InChI is InChI=1S/C25H24N2O3/c1-15-7-11-19(12-8-15)26-23(28)20(13-16-5-3-2-4-6-16)27-24(29)21-17-9-10-18(14-17)22(21)25(27)30/h2-12,17-18,20-22H,13-14H2,1H3,(H,26,28). The van der Waals surface area contributed by atoms with Crippen LogP contribution >= 0.6 is 0 Å². The lowest BCUT2D eigenvalue weighted by Gasteiger charge is -2.27. The maximum absolute atomic E-state index is 13.3. The van der Waals surface area contributed by atoms with Crippen LogP contribution in [0.1, 0.15) is 17.5 Å². The van der Waals surface area contributed by atoms with Gasteiger partial charge in [0.2, 0.25) is 17.7 Å². The predicted molar refractivity (Wildman–Crippen MR) is 113 cm³/mol. The highest BCUT2D eigenvalue weighted by molar-refractivity contribution is 6.10. The van der Waals surface area contributed by atoms with Gasteiger partial charge in [-0.3, -0.25) is 19.3 Å². The normalized spacial score (nSPS) is 27.4. The predicted octanol–water partition coefficient (Wildman–Crippen LogP) is 3.35. The number of hydrogen-bond donors (Lipinski definition) is 1. The molecule has 5 heteroatoms. The topological polar surface area (TPSA) is 66.5 Å². The molecule has 3 amide bonds. The first kappa shape index (κ1) is 18.8. The summed E-state index contributed by atoms with van der Waals surface area (Å²) in [5, 5.41) is 2.91. The minimum Gasteiger partial charge on any atom is -0.324 e. The van der Waals surface area contributed by atoms with Gasteiger partial charge in [0.05, 0.1) is 11.8 Å². The van der Waals surface area contributed by atoms with Gasteiger partial charge < -0.3 is 5.32 Å². The van der Waals surface area contributed by atoms with E-state index in [0.29, 0.717) is 12.1 Å². The van der Waals surface area contributed by atoms with Crippen molar-refractivity contribution in [3.8, 4) is 0 Å². The Hall–Kier alpha value is -3.21. The molecular formula is C25H24N2O3. The van der Waals surface area contributed by atoms with E-state index in [4.69, 9.17) is 0 Å². The molecule has 2 aliphatic carbocycles. The number of carbonyl (C=O) groups is 3. The summed E-state index contributed by atoms with van der Waals surface area (Å²) < 4.78 is 0. The van der Waals surface area contributed by atoms with Crippen LogP contribution in [0.25, 0.3) is 0 Å². The molecule has 0 aromatic heterocycles. The number of amides is 3. The highest BCUT2D eigenvalue weighted by Crippen LogP contribution is 2.53. The van der Waals surface area contributed by atoms with Crippen molar-refractivity contribution in [1.82, 2.24) is 4.90 Å². The summed E-state index contributed by atoms with van der Waals surface area (Å²) >= 11 is 0. The van der Waals surface area contributed by atoms with Crippen LogP contribution in [0.15, 0.2) is 66.7 Å². The van der Waals surface area contributed by atoms with Gasteiger partial charge in [-0.05, 0) is 42.9 Å². The summed E-state index contributed by atoms with van der Waals surface area (Å²) in [6.07, 6.45) is 5.32. The molecule has 1 saturated heterocycles. The van der Waals surface area contributed by atoms with Crippen molar-refractivity contribution in [3.05, 3.63) is 77.9 Å². The molecule has 5 atom stereocenters. The lowest BCUT2D eigenvalue weighted by molar-refractivity contribution is -0.147.